The summed E-state index contributed by atoms with van der Waals surface area (Å²) in [5, 5.41) is 48.1. The second kappa shape index (κ2) is 7.77. The number of benzene rings is 1. The van der Waals surface area contributed by atoms with E-state index in [0.717, 1.165) is 6.07 Å². The third-order valence-electron chi connectivity index (χ3n) is 3.55. The van der Waals surface area contributed by atoms with Crippen molar-refractivity contribution in [1.29, 1.82) is 0 Å². The van der Waals surface area contributed by atoms with Crippen LogP contribution >= 0.6 is 0 Å². The normalized spacial score (nSPS) is 30.0. The highest BCUT2D eigenvalue weighted by Crippen LogP contribution is 2.29. The maximum atomic E-state index is 11.9. The van der Waals surface area contributed by atoms with Crippen molar-refractivity contribution in [3.63, 3.8) is 0 Å². The Kier molecular flexibility index (Phi) is 5.97. The van der Waals surface area contributed by atoms with Gasteiger partial charge in [-0.15, -0.1) is 0 Å². The lowest BCUT2D eigenvalue weighted by Crippen LogP contribution is -2.60. The summed E-state index contributed by atoms with van der Waals surface area (Å²) in [5.41, 5.74) is -0.103. The number of carbonyl (C=O) groups is 1. The highest BCUT2D eigenvalue weighted by Gasteiger charge is 2.45. The van der Waals surface area contributed by atoms with Gasteiger partial charge in [0.25, 0.3) is 0 Å². The van der Waals surface area contributed by atoms with E-state index in [9.17, 15) is 25.2 Å². The van der Waals surface area contributed by atoms with Crippen molar-refractivity contribution in [2.45, 2.75) is 37.6 Å². The molecular formula is C15H20O9. The van der Waals surface area contributed by atoms with Crippen molar-refractivity contribution < 1.29 is 44.5 Å². The number of rotatable bonds is 5. The smallest absolute Gasteiger partial charge is 0.342 e. The van der Waals surface area contributed by atoms with Crippen LogP contribution in [0.25, 0.3) is 0 Å². The third-order valence-corrected chi connectivity index (χ3v) is 3.55. The van der Waals surface area contributed by atoms with E-state index in [0.29, 0.717) is 0 Å². The Bertz CT molecular complexity index is 574. The molecule has 134 valence electrons. The summed E-state index contributed by atoms with van der Waals surface area (Å²) in [4.78, 5) is 11.9. The number of esters is 1. The number of aromatic hydroxyl groups is 1. The molecule has 0 aliphatic carbocycles. The SMILES string of the molecule is CCOC(=O)c1cc(O)ccc1O[C@@H]1O[C@H](CO)[C@@H](O)[C@H](O)[C@H]1O. The Morgan fingerprint density at radius 3 is 2.54 bits per heavy atom. The second-order valence-electron chi connectivity index (χ2n) is 5.22. The Hall–Kier alpha value is -1.91. The molecule has 0 bridgehead atoms. The number of aliphatic hydroxyl groups is 4. The quantitative estimate of drug-likeness (QED) is 0.413. The van der Waals surface area contributed by atoms with Gasteiger partial charge in [0.05, 0.1) is 13.2 Å². The molecule has 1 aliphatic heterocycles. The van der Waals surface area contributed by atoms with Gasteiger partial charge >= 0.3 is 5.97 Å². The summed E-state index contributed by atoms with van der Waals surface area (Å²) in [6, 6.07) is 3.64. The van der Waals surface area contributed by atoms with Crippen LogP contribution in [-0.2, 0) is 9.47 Å². The lowest BCUT2D eigenvalue weighted by Gasteiger charge is -2.39. The van der Waals surface area contributed by atoms with E-state index in [1.807, 2.05) is 0 Å². The van der Waals surface area contributed by atoms with Crippen molar-refractivity contribution in [2.24, 2.45) is 0 Å². The van der Waals surface area contributed by atoms with E-state index in [1.165, 1.54) is 12.1 Å². The Labute approximate surface area is 137 Å². The fraction of sp³-hybridized carbons (Fsp3) is 0.533. The summed E-state index contributed by atoms with van der Waals surface area (Å²) in [6.45, 7) is 1.11. The molecule has 1 aromatic carbocycles. The number of carbonyl (C=O) groups excluding carboxylic acids is 1. The molecule has 1 fully saturated rings. The van der Waals surface area contributed by atoms with Crippen LogP contribution in [-0.4, -0.2) is 75.4 Å². The molecule has 1 aliphatic rings. The van der Waals surface area contributed by atoms with Crippen molar-refractivity contribution in [3.8, 4) is 11.5 Å². The predicted molar refractivity (Wildman–Crippen MR) is 78.5 cm³/mol. The number of ether oxygens (including phenoxy) is 3. The van der Waals surface area contributed by atoms with Crippen LogP contribution in [0, 0.1) is 0 Å². The van der Waals surface area contributed by atoms with Crippen LogP contribution in [0.1, 0.15) is 17.3 Å². The number of phenolic OH excluding ortho intramolecular Hbond substituents is 1. The van der Waals surface area contributed by atoms with Crippen LogP contribution in [0.2, 0.25) is 0 Å². The van der Waals surface area contributed by atoms with Crippen molar-refractivity contribution in [2.75, 3.05) is 13.2 Å². The average Bonchev–Trinajstić information content (AvgIpc) is 2.56. The van der Waals surface area contributed by atoms with E-state index in [2.05, 4.69) is 0 Å². The minimum Gasteiger partial charge on any atom is -0.508 e. The average molecular weight is 344 g/mol. The number of aliphatic hydroxyl groups excluding tert-OH is 4. The molecule has 5 atom stereocenters. The van der Waals surface area contributed by atoms with Gasteiger partial charge in [0.15, 0.2) is 0 Å². The van der Waals surface area contributed by atoms with Gasteiger partial charge in [0.1, 0.15) is 41.5 Å². The fourth-order valence-electron chi connectivity index (χ4n) is 2.28. The van der Waals surface area contributed by atoms with Gasteiger partial charge in [-0.25, -0.2) is 4.79 Å². The summed E-state index contributed by atoms with van der Waals surface area (Å²) < 4.78 is 15.5. The standard InChI is InChI=1S/C15H20O9/c1-2-22-14(21)8-5-7(17)3-4-9(8)23-15-13(20)12(19)11(18)10(6-16)24-15/h3-5,10-13,15-20H,2,6H2,1H3/t10-,11-,12+,13-,15-/m1/s1. The largest absolute Gasteiger partial charge is 0.508 e. The van der Waals surface area contributed by atoms with Crippen LogP contribution < -0.4 is 4.74 Å². The highest BCUT2D eigenvalue weighted by molar-refractivity contribution is 5.93. The van der Waals surface area contributed by atoms with E-state index < -0.39 is 43.3 Å². The van der Waals surface area contributed by atoms with Crippen LogP contribution in [0.3, 0.4) is 0 Å². The van der Waals surface area contributed by atoms with Gasteiger partial charge in [-0.05, 0) is 25.1 Å². The van der Waals surface area contributed by atoms with Gasteiger partial charge in [0, 0.05) is 0 Å². The molecule has 0 unspecified atom stereocenters. The molecule has 1 aromatic rings. The summed E-state index contributed by atoms with van der Waals surface area (Å²) in [5.74, 6) is -1.01. The van der Waals surface area contributed by atoms with Crippen LogP contribution in [0.15, 0.2) is 18.2 Å². The lowest BCUT2D eigenvalue weighted by molar-refractivity contribution is -0.277. The van der Waals surface area contributed by atoms with Crippen molar-refractivity contribution in [3.05, 3.63) is 23.8 Å². The van der Waals surface area contributed by atoms with E-state index in [-0.39, 0.29) is 23.7 Å². The molecule has 0 amide bonds. The van der Waals surface area contributed by atoms with E-state index >= 15 is 0 Å². The zero-order valence-electron chi connectivity index (χ0n) is 12.9. The summed E-state index contributed by atoms with van der Waals surface area (Å²) in [6.07, 6.45) is -7.33. The summed E-state index contributed by atoms with van der Waals surface area (Å²) >= 11 is 0. The van der Waals surface area contributed by atoms with E-state index in [4.69, 9.17) is 19.3 Å². The van der Waals surface area contributed by atoms with Gasteiger partial charge in [-0.1, -0.05) is 0 Å². The fourth-order valence-corrected chi connectivity index (χ4v) is 2.28. The van der Waals surface area contributed by atoms with Gasteiger partial charge in [-0.3, -0.25) is 0 Å². The Balaban J connectivity index is 2.25. The zero-order chi connectivity index (χ0) is 17.9. The molecule has 9 nitrogen and oxygen atoms in total. The number of phenols is 1. The van der Waals surface area contributed by atoms with Crippen molar-refractivity contribution in [1.82, 2.24) is 0 Å². The molecular weight excluding hydrogens is 324 g/mol. The first kappa shape index (κ1) is 18.4. The minimum absolute atomic E-state index is 0.0596. The topological polar surface area (TPSA) is 146 Å². The maximum Gasteiger partial charge on any atom is 0.342 e. The van der Waals surface area contributed by atoms with Crippen molar-refractivity contribution >= 4 is 5.97 Å². The first-order chi connectivity index (χ1) is 11.4. The lowest BCUT2D eigenvalue weighted by atomic mass is 9.99. The zero-order valence-corrected chi connectivity index (χ0v) is 12.9. The minimum atomic E-state index is -1.62. The number of hydrogen-bond donors (Lipinski definition) is 5. The molecule has 0 saturated carbocycles. The maximum absolute atomic E-state index is 11.9. The van der Waals surface area contributed by atoms with Crippen LogP contribution in [0.5, 0.6) is 11.5 Å². The molecule has 2 rings (SSSR count). The molecule has 1 heterocycles. The molecule has 0 radical (unpaired) electrons. The van der Waals surface area contributed by atoms with Gasteiger partial charge in [0.2, 0.25) is 6.29 Å². The molecule has 0 spiro atoms. The predicted octanol–water partition coefficient (Wildman–Crippen LogP) is -1.25. The molecule has 9 heteroatoms. The first-order valence-corrected chi connectivity index (χ1v) is 7.36. The summed E-state index contributed by atoms with van der Waals surface area (Å²) in [7, 11) is 0. The molecule has 1 saturated heterocycles. The molecule has 24 heavy (non-hydrogen) atoms. The second-order valence-corrected chi connectivity index (χ2v) is 5.22. The number of hydrogen-bond acceptors (Lipinski definition) is 9. The Morgan fingerprint density at radius 1 is 1.21 bits per heavy atom. The van der Waals surface area contributed by atoms with Gasteiger partial charge < -0.3 is 39.7 Å². The van der Waals surface area contributed by atoms with E-state index in [1.54, 1.807) is 6.92 Å². The highest BCUT2D eigenvalue weighted by atomic mass is 16.7. The third kappa shape index (κ3) is 3.77. The van der Waals surface area contributed by atoms with Crippen LogP contribution in [0.4, 0.5) is 0 Å². The molecule has 0 aromatic heterocycles. The monoisotopic (exact) mass is 344 g/mol. The molecule has 5 N–H and O–H groups in total. The first-order valence-electron chi connectivity index (χ1n) is 7.36. The van der Waals surface area contributed by atoms with Gasteiger partial charge in [-0.2, -0.15) is 0 Å². The Morgan fingerprint density at radius 2 is 1.92 bits per heavy atom.